The quantitative estimate of drug-likeness (QED) is 0.444. The van der Waals surface area contributed by atoms with E-state index in [-0.39, 0.29) is 19.6 Å². The van der Waals surface area contributed by atoms with Gasteiger partial charge in [-0.1, -0.05) is 11.1 Å². The van der Waals surface area contributed by atoms with Gasteiger partial charge in [0.05, 0.1) is 13.2 Å². The highest BCUT2D eigenvalue weighted by molar-refractivity contribution is 6.01. The molecule has 21 heavy (non-hydrogen) atoms. The number of allylic oxidation sites excluding steroid dienone is 2. The van der Waals surface area contributed by atoms with Crippen LogP contribution < -0.4 is 0 Å². The van der Waals surface area contributed by atoms with Crippen molar-refractivity contribution in [2.45, 2.75) is 53.6 Å². The van der Waals surface area contributed by atoms with Crippen LogP contribution in [0.1, 0.15) is 47.5 Å². The normalized spacial score (nSPS) is 22.7. The van der Waals surface area contributed by atoms with Crippen LogP contribution in [-0.2, 0) is 19.1 Å². The summed E-state index contributed by atoms with van der Waals surface area (Å²) in [7, 11) is 0. The molecule has 0 saturated heterocycles. The lowest BCUT2D eigenvalue weighted by Crippen LogP contribution is -2.52. The molecule has 4 nitrogen and oxygen atoms in total. The van der Waals surface area contributed by atoms with E-state index < -0.39 is 29.4 Å². The minimum absolute atomic E-state index is 0.148. The van der Waals surface area contributed by atoms with Gasteiger partial charge in [-0.2, -0.15) is 0 Å². The zero-order valence-corrected chi connectivity index (χ0v) is 13.5. The summed E-state index contributed by atoms with van der Waals surface area (Å²) in [5.41, 5.74) is 0.380. The van der Waals surface area contributed by atoms with E-state index in [0.29, 0.717) is 6.42 Å². The fourth-order valence-corrected chi connectivity index (χ4v) is 2.98. The molecule has 5 heteroatoms. The van der Waals surface area contributed by atoms with E-state index in [4.69, 9.17) is 9.47 Å². The molecule has 0 spiro atoms. The number of halogens is 1. The summed E-state index contributed by atoms with van der Waals surface area (Å²) < 4.78 is 24.3. The van der Waals surface area contributed by atoms with E-state index in [9.17, 15) is 14.0 Å². The molecule has 1 rings (SSSR count). The first kappa shape index (κ1) is 17.7. The molecule has 0 bridgehead atoms. The molecule has 0 amide bonds. The zero-order chi connectivity index (χ0) is 16.2. The molecule has 0 heterocycles. The maximum absolute atomic E-state index is 14.1. The van der Waals surface area contributed by atoms with Gasteiger partial charge in [0.1, 0.15) is 6.17 Å². The highest BCUT2D eigenvalue weighted by atomic mass is 19.1. The predicted molar refractivity (Wildman–Crippen MR) is 77.4 cm³/mol. The van der Waals surface area contributed by atoms with Crippen molar-refractivity contribution in [1.82, 2.24) is 0 Å². The zero-order valence-electron chi connectivity index (χ0n) is 13.5. The summed E-state index contributed by atoms with van der Waals surface area (Å²) in [5, 5.41) is 0. The molecule has 0 fully saturated rings. The highest BCUT2D eigenvalue weighted by Crippen LogP contribution is 2.48. The maximum atomic E-state index is 14.1. The molecule has 0 aromatic heterocycles. The van der Waals surface area contributed by atoms with Gasteiger partial charge < -0.3 is 9.47 Å². The first-order valence-electron chi connectivity index (χ1n) is 7.44. The number of esters is 2. The molecule has 0 aromatic carbocycles. The number of alkyl halides is 1. The monoisotopic (exact) mass is 300 g/mol. The van der Waals surface area contributed by atoms with Crippen LogP contribution in [0.2, 0.25) is 0 Å². The average molecular weight is 300 g/mol. The smallest absolute Gasteiger partial charge is 0.324 e. The van der Waals surface area contributed by atoms with Crippen LogP contribution in [0.25, 0.3) is 0 Å². The van der Waals surface area contributed by atoms with Crippen LogP contribution in [0.3, 0.4) is 0 Å². The van der Waals surface area contributed by atoms with Crippen molar-refractivity contribution in [3.8, 4) is 0 Å². The molecule has 0 unspecified atom stereocenters. The van der Waals surface area contributed by atoms with Gasteiger partial charge in [0, 0.05) is 5.92 Å². The van der Waals surface area contributed by atoms with Crippen LogP contribution in [0.5, 0.6) is 0 Å². The second kappa shape index (κ2) is 7.05. The Hall–Kier alpha value is -1.39. The molecule has 1 aliphatic carbocycles. The number of rotatable bonds is 5. The average Bonchev–Trinajstić information content (AvgIpc) is 2.41. The number of carbonyl (C=O) groups excluding carboxylic acids is 2. The van der Waals surface area contributed by atoms with Crippen LogP contribution in [0.15, 0.2) is 11.1 Å². The fourth-order valence-electron chi connectivity index (χ4n) is 2.98. The predicted octanol–water partition coefficient (Wildman–Crippen LogP) is 3.20. The van der Waals surface area contributed by atoms with Gasteiger partial charge in [0.2, 0.25) is 0 Å². The molecule has 0 saturated carbocycles. The number of hydrogen-bond donors (Lipinski definition) is 0. The van der Waals surface area contributed by atoms with Crippen molar-refractivity contribution in [1.29, 1.82) is 0 Å². The molecule has 0 aromatic rings. The summed E-state index contributed by atoms with van der Waals surface area (Å²) in [6.07, 6.45) is -0.779. The van der Waals surface area contributed by atoms with E-state index in [1.54, 1.807) is 13.8 Å². The van der Waals surface area contributed by atoms with Crippen molar-refractivity contribution in [3.63, 3.8) is 0 Å². The molecule has 2 atom stereocenters. The number of carbonyl (C=O) groups is 2. The van der Waals surface area contributed by atoms with E-state index in [1.165, 1.54) is 6.92 Å². The van der Waals surface area contributed by atoms with Gasteiger partial charge in [0.25, 0.3) is 0 Å². The van der Waals surface area contributed by atoms with E-state index in [1.807, 2.05) is 13.8 Å². The van der Waals surface area contributed by atoms with Crippen molar-refractivity contribution in [2.24, 2.45) is 11.3 Å². The molecule has 0 N–H and O–H groups in total. The second-order valence-corrected chi connectivity index (χ2v) is 5.64. The molecule has 1 aliphatic rings. The van der Waals surface area contributed by atoms with Crippen molar-refractivity contribution in [2.75, 3.05) is 13.2 Å². The van der Waals surface area contributed by atoms with Gasteiger partial charge in [-0.15, -0.1) is 0 Å². The standard InChI is InChI=1S/C16H25FO4/c1-6-20-14(18)16(15(19)21-7-2)9-11(4)10(3)8-13(16)12(5)17/h12-13H,6-9H2,1-5H3/t12-,13+/m0/s1. The van der Waals surface area contributed by atoms with Crippen LogP contribution in [-0.4, -0.2) is 31.3 Å². The Labute approximate surface area is 125 Å². The Balaban J connectivity index is 3.37. The Morgan fingerprint density at radius 3 is 2.05 bits per heavy atom. The Morgan fingerprint density at radius 2 is 1.67 bits per heavy atom. The van der Waals surface area contributed by atoms with Gasteiger partial charge >= 0.3 is 11.9 Å². The van der Waals surface area contributed by atoms with Crippen molar-refractivity contribution < 1.29 is 23.5 Å². The SMILES string of the molecule is CCOC(=O)C1(C(=O)OCC)CC(C)=C(C)C[C@@H]1[C@H](C)F. The van der Waals surface area contributed by atoms with Crippen LogP contribution in [0, 0.1) is 11.3 Å². The summed E-state index contributed by atoms with van der Waals surface area (Å²) in [5.74, 6) is -2.10. The molecular formula is C16H25FO4. The lowest BCUT2D eigenvalue weighted by molar-refractivity contribution is -0.179. The van der Waals surface area contributed by atoms with Gasteiger partial charge in [-0.25, -0.2) is 4.39 Å². The van der Waals surface area contributed by atoms with Gasteiger partial charge in [-0.3, -0.25) is 9.59 Å². The third-order valence-corrected chi connectivity index (χ3v) is 4.27. The lowest BCUT2D eigenvalue weighted by atomic mass is 9.63. The van der Waals surface area contributed by atoms with E-state index in [0.717, 1.165) is 11.1 Å². The largest absolute Gasteiger partial charge is 0.465 e. The molecule has 120 valence electrons. The van der Waals surface area contributed by atoms with Gasteiger partial charge in [-0.05, 0) is 47.5 Å². The number of ether oxygens (including phenoxy) is 2. The van der Waals surface area contributed by atoms with Crippen molar-refractivity contribution in [3.05, 3.63) is 11.1 Å². The summed E-state index contributed by atoms with van der Waals surface area (Å²) in [6, 6.07) is 0. The molecule has 0 radical (unpaired) electrons. The number of hydrogen-bond acceptors (Lipinski definition) is 4. The topological polar surface area (TPSA) is 52.6 Å². The second-order valence-electron chi connectivity index (χ2n) is 5.64. The van der Waals surface area contributed by atoms with Crippen LogP contribution >= 0.6 is 0 Å². The lowest BCUT2D eigenvalue weighted by Gasteiger charge is -2.41. The van der Waals surface area contributed by atoms with E-state index in [2.05, 4.69) is 0 Å². The summed E-state index contributed by atoms with van der Waals surface area (Å²) in [6.45, 7) is 8.78. The molecule has 0 aliphatic heterocycles. The third kappa shape index (κ3) is 3.27. The Kier molecular flexibility index (Phi) is 5.93. The molecular weight excluding hydrogens is 275 g/mol. The highest BCUT2D eigenvalue weighted by Gasteiger charge is 2.58. The summed E-state index contributed by atoms with van der Waals surface area (Å²) >= 11 is 0. The first-order valence-corrected chi connectivity index (χ1v) is 7.44. The van der Waals surface area contributed by atoms with Gasteiger partial charge in [0.15, 0.2) is 5.41 Å². The Bertz CT molecular complexity index is 422. The minimum Gasteiger partial charge on any atom is -0.465 e. The Morgan fingerprint density at radius 1 is 1.19 bits per heavy atom. The van der Waals surface area contributed by atoms with Crippen molar-refractivity contribution >= 4 is 11.9 Å². The third-order valence-electron chi connectivity index (χ3n) is 4.27. The van der Waals surface area contributed by atoms with Crippen LogP contribution in [0.4, 0.5) is 4.39 Å². The maximum Gasteiger partial charge on any atom is 0.324 e. The first-order chi connectivity index (χ1) is 9.81. The fraction of sp³-hybridized carbons (Fsp3) is 0.750. The minimum atomic E-state index is -1.57. The summed E-state index contributed by atoms with van der Waals surface area (Å²) in [4.78, 5) is 25.0. The van der Waals surface area contributed by atoms with E-state index >= 15 is 0 Å².